The Morgan fingerprint density at radius 2 is 1.89 bits per heavy atom. The Kier molecular flexibility index (Phi) is 5.38. The predicted octanol–water partition coefficient (Wildman–Crippen LogP) is 5.98. The van der Waals surface area contributed by atoms with Crippen LogP contribution in [-0.2, 0) is 4.79 Å². The zero-order chi connectivity index (χ0) is 18.6. The third-order valence-electron chi connectivity index (χ3n) is 3.73. The number of halogens is 1. The lowest BCUT2D eigenvalue weighted by Gasteiger charge is -1.93. The van der Waals surface area contributed by atoms with Crippen LogP contribution in [0, 0.1) is 0 Å². The van der Waals surface area contributed by atoms with Crippen molar-refractivity contribution >= 4 is 56.6 Å². The maximum atomic E-state index is 12.0. The number of fused-ring (bicyclic) bond motifs is 1. The van der Waals surface area contributed by atoms with Crippen LogP contribution in [-0.4, -0.2) is 21.7 Å². The van der Waals surface area contributed by atoms with Gasteiger partial charge in [0.05, 0.1) is 10.8 Å². The number of thioether (sulfide) groups is 1. The van der Waals surface area contributed by atoms with Gasteiger partial charge in [0.25, 0.3) is 11.1 Å². The van der Waals surface area contributed by atoms with E-state index < -0.39 is 0 Å². The molecular formula is C20H13ClN2O2S2. The van der Waals surface area contributed by atoms with E-state index in [0.29, 0.717) is 16.1 Å². The van der Waals surface area contributed by atoms with Gasteiger partial charge >= 0.3 is 0 Å². The van der Waals surface area contributed by atoms with Crippen molar-refractivity contribution in [3.63, 3.8) is 0 Å². The van der Waals surface area contributed by atoms with Crippen LogP contribution in [0.4, 0.5) is 0 Å². The van der Waals surface area contributed by atoms with E-state index in [2.05, 4.69) is 10.2 Å². The zero-order valence-corrected chi connectivity index (χ0v) is 16.4. The van der Waals surface area contributed by atoms with Crippen molar-refractivity contribution in [1.82, 2.24) is 10.2 Å². The Morgan fingerprint density at radius 1 is 1.11 bits per heavy atom. The molecule has 27 heavy (non-hydrogen) atoms. The molecule has 134 valence electrons. The quantitative estimate of drug-likeness (QED) is 0.288. The Morgan fingerprint density at radius 3 is 2.70 bits per heavy atom. The highest BCUT2D eigenvalue weighted by atomic mass is 35.5. The topological polar surface area (TPSA) is 56.0 Å². The largest absolute Gasteiger partial charge is 0.410 e. The molecule has 4 nitrogen and oxygen atoms in total. The first kappa shape index (κ1) is 18.0. The first-order chi connectivity index (χ1) is 13.2. The van der Waals surface area contributed by atoms with E-state index in [1.54, 1.807) is 12.2 Å². The summed E-state index contributed by atoms with van der Waals surface area (Å²) >= 11 is 9.16. The summed E-state index contributed by atoms with van der Waals surface area (Å²) in [6.45, 7) is 0. The monoisotopic (exact) mass is 412 g/mol. The fourth-order valence-corrected chi connectivity index (χ4v) is 4.48. The van der Waals surface area contributed by atoms with E-state index in [0.717, 1.165) is 20.5 Å². The summed E-state index contributed by atoms with van der Waals surface area (Å²) in [7, 11) is 0. The summed E-state index contributed by atoms with van der Waals surface area (Å²) in [6.07, 6.45) is 3.35. The number of carbonyl (C=O) groups is 1. The van der Waals surface area contributed by atoms with Crippen LogP contribution in [0.5, 0.6) is 0 Å². The van der Waals surface area contributed by atoms with Gasteiger partial charge in [-0.1, -0.05) is 78.0 Å². The van der Waals surface area contributed by atoms with Crippen molar-refractivity contribution in [1.29, 1.82) is 0 Å². The minimum atomic E-state index is -0.0245. The Labute approximate surface area is 168 Å². The second-order valence-electron chi connectivity index (χ2n) is 5.61. The summed E-state index contributed by atoms with van der Waals surface area (Å²) in [5.41, 5.74) is 0.982. The van der Waals surface area contributed by atoms with Crippen LogP contribution in [0.15, 0.2) is 70.3 Å². The summed E-state index contributed by atoms with van der Waals surface area (Å²) < 4.78 is 6.74. The third-order valence-corrected chi connectivity index (χ3v) is 6.24. The molecule has 7 heteroatoms. The number of hydrogen-bond acceptors (Lipinski definition) is 6. The number of thiophene rings is 1. The molecule has 0 bridgehead atoms. The molecule has 2 aromatic heterocycles. The molecule has 0 N–H and O–H groups in total. The van der Waals surface area contributed by atoms with Gasteiger partial charge < -0.3 is 4.42 Å². The lowest BCUT2D eigenvalue weighted by molar-refractivity contribution is -0.112. The first-order valence-corrected chi connectivity index (χ1v) is 10.3. The molecule has 0 spiro atoms. The molecule has 2 aromatic carbocycles. The Hall–Kier alpha value is -2.41. The average Bonchev–Trinajstić information content (AvgIpc) is 3.30. The molecule has 4 aromatic rings. The van der Waals surface area contributed by atoms with Crippen LogP contribution < -0.4 is 0 Å². The fourth-order valence-electron chi connectivity index (χ4n) is 2.45. The SMILES string of the molecule is O=C(/C=C/c1ccccc1)CSc1nnc(-c2sc3ccccc3c2Cl)o1. The van der Waals surface area contributed by atoms with E-state index in [4.69, 9.17) is 16.0 Å². The predicted molar refractivity (Wildman–Crippen MR) is 111 cm³/mol. The molecular weight excluding hydrogens is 400 g/mol. The van der Waals surface area contributed by atoms with Gasteiger partial charge in [-0.25, -0.2) is 0 Å². The van der Waals surface area contributed by atoms with E-state index in [9.17, 15) is 4.79 Å². The van der Waals surface area contributed by atoms with E-state index in [1.165, 1.54) is 23.1 Å². The average molecular weight is 413 g/mol. The zero-order valence-electron chi connectivity index (χ0n) is 14.0. The number of aromatic nitrogens is 2. The standard InChI is InChI=1S/C20H13ClN2O2S2/c21-17-15-8-4-5-9-16(15)27-18(17)19-22-23-20(25-19)26-12-14(24)11-10-13-6-2-1-3-7-13/h1-11H,12H2/b11-10+. The molecule has 0 aliphatic heterocycles. The summed E-state index contributed by atoms with van der Waals surface area (Å²) in [6, 6.07) is 17.5. The molecule has 0 unspecified atom stereocenters. The minimum absolute atomic E-state index is 0.0245. The smallest absolute Gasteiger partial charge is 0.277 e. The van der Waals surface area contributed by atoms with Crippen LogP contribution in [0.25, 0.3) is 26.9 Å². The molecule has 0 fully saturated rings. The summed E-state index contributed by atoms with van der Waals surface area (Å²) in [5, 5.41) is 10.0. The molecule has 0 saturated heterocycles. The molecule has 0 aliphatic rings. The Balaban J connectivity index is 1.43. The second kappa shape index (κ2) is 8.08. The van der Waals surface area contributed by atoms with Gasteiger partial charge in [0.2, 0.25) is 0 Å². The molecule has 0 atom stereocenters. The molecule has 0 amide bonds. The number of rotatable bonds is 6. The van der Waals surface area contributed by atoms with Crippen molar-refractivity contribution in [2.75, 3.05) is 5.75 Å². The number of carbonyl (C=O) groups excluding carboxylic acids is 1. The highest BCUT2D eigenvalue weighted by Crippen LogP contribution is 2.41. The van der Waals surface area contributed by atoms with Gasteiger partial charge in [0.15, 0.2) is 5.78 Å². The highest BCUT2D eigenvalue weighted by molar-refractivity contribution is 7.99. The van der Waals surface area contributed by atoms with Crippen LogP contribution in [0.2, 0.25) is 5.02 Å². The van der Waals surface area contributed by atoms with Crippen molar-refractivity contribution in [3.05, 3.63) is 71.3 Å². The summed E-state index contributed by atoms with van der Waals surface area (Å²) in [5.74, 6) is 0.574. The highest BCUT2D eigenvalue weighted by Gasteiger charge is 2.18. The van der Waals surface area contributed by atoms with Gasteiger partial charge in [-0.15, -0.1) is 21.5 Å². The van der Waals surface area contributed by atoms with Crippen LogP contribution in [0.3, 0.4) is 0 Å². The normalized spacial score (nSPS) is 11.4. The van der Waals surface area contributed by atoms with Crippen molar-refractivity contribution in [3.8, 4) is 10.8 Å². The Bertz CT molecular complexity index is 1120. The number of hydrogen-bond donors (Lipinski definition) is 0. The van der Waals surface area contributed by atoms with Crippen molar-refractivity contribution in [2.45, 2.75) is 5.22 Å². The van der Waals surface area contributed by atoms with Crippen LogP contribution >= 0.6 is 34.7 Å². The molecule has 2 heterocycles. The molecule has 4 rings (SSSR count). The molecule has 0 saturated carbocycles. The first-order valence-electron chi connectivity index (χ1n) is 8.10. The van der Waals surface area contributed by atoms with E-state index in [1.807, 2.05) is 54.6 Å². The number of allylic oxidation sites excluding steroid dienone is 1. The van der Waals surface area contributed by atoms with Gasteiger partial charge in [-0.3, -0.25) is 4.79 Å². The van der Waals surface area contributed by atoms with E-state index >= 15 is 0 Å². The van der Waals surface area contributed by atoms with E-state index in [-0.39, 0.29) is 11.5 Å². The fraction of sp³-hybridized carbons (Fsp3) is 0.0500. The van der Waals surface area contributed by atoms with Crippen LogP contribution in [0.1, 0.15) is 5.56 Å². The van der Waals surface area contributed by atoms with Gasteiger partial charge in [0, 0.05) is 10.1 Å². The molecule has 0 aliphatic carbocycles. The number of ketones is 1. The summed E-state index contributed by atoms with van der Waals surface area (Å²) in [4.78, 5) is 12.8. The number of nitrogens with zero attached hydrogens (tertiary/aromatic N) is 2. The third kappa shape index (κ3) is 4.13. The maximum absolute atomic E-state index is 12.0. The lowest BCUT2D eigenvalue weighted by atomic mass is 10.2. The lowest BCUT2D eigenvalue weighted by Crippen LogP contribution is -1.95. The maximum Gasteiger partial charge on any atom is 0.277 e. The number of benzene rings is 2. The second-order valence-corrected chi connectivity index (χ2v) is 7.97. The minimum Gasteiger partial charge on any atom is -0.410 e. The van der Waals surface area contributed by atoms with Crippen molar-refractivity contribution in [2.24, 2.45) is 0 Å². The van der Waals surface area contributed by atoms with Crippen molar-refractivity contribution < 1.29 is 9.21 Å². The van der Waals surface area contributed by atoms with Gasteiger partial charge in [-0.05, 0) is 17.7 Å². The molecule has 0 radical (unpaired) electrons. The van der Waals surface area contributed by atoms with Gasteiger partial charge in [0.1, 0.15) is 4.88 Å². The van der Waals surface area contributed by atoms with Gasteiger partial charge in [-0.2, -0.15) is 0 Å².